The number of aromatic amines is 1. The molecule has 1 aromatic carbocycles. The van der Waals surface area contributed by atoms with Crippen molar-refractivity contribution in [2.45, 2.75) is 32.7 Å². The molecule has 0 saturated heterocycles. The van der Waals surface area contributed by atoms with Crippen LogP contribution in [-0.4, -0.2) is 22.3 Å². The van der Waals surface area contributed by atoms with E-state index < -0.39 is 0 Å². The zero-order valence-electron chi connectivity index (χ0n) is 10.5. The number of hydrogen-bond donors (Lipinski definition) is 2. The molecule has 0 aliphatic carbocycles. The van der Waals surface area contributed by atoms with Gasteiger partial charge in [0, 0.05) is 10.9 Å². The minimum atomic E-state index is 0.155. The van der Waals surface area contributed by atoms with E-state index >= 15 is 0 Å². The van der Waals surface area contributed by atoms with E-state index in [0.717, 1.165) is 28.9 Å². The van der Waals surface area contributed by atoms with E-state index in [1.807, 2.05) is 12.3 Å². The van der Waals surface area contributed by atoms with Crippen molar-refractivity contribution in [1.82, 2.24) is 15.5 Å². The van der Waals surface area contributed by atoms with E-state index in [4.69, 9.17) is 11.6 Å². The van der Waals surface area contributed by atoms with E-state index in [0.29, 0.717) is 0 Å². The Morgan fingerprint density at radius 3 is 2.82 bits per heavy atom. The second-order valence-corrected chi connectivity index (χ2v) is 5.70. The Morgan fingerprint density at radius 1 is 1.35 bits per heavy atom. The first-order valence-electron chi connectivity index (χ1n) is 5.83. The van der Waals surface area contributed by atoms with Crippen molar-refractivity contribution in [3.05, 3.63) is 28.9 Å². The van der Waals surface area contributed by atoms with Crippen LogP contribution in [0.5, 0.6) is 0 Å². The van der Waals surface area contributed by atoms with Gasteiger partial charge in [0.25, 0.3) is 0 Å². The van der Waals surface area contributed by atoms with Gasteiger partial charge in [-0.05, 0) is 45.4 Å². The van der Waals surface area contributed by atoms with E-state index in [2.05, 4.69) is 42.4 Å². The molecule has 4 heteroatoms. The fraction of sp³-hybridized carbons (Fsp3) is 0.462. The molecule has 92 valence electrons. The highest BCUT2D eigenvalue weighted by atomic mass is 35.5. The van der Waals surface area contributed by atoms with Crippen LogP contribution in [-0.2, 0) is 6.42 Å². The molecular formula is C13H18ClN3. The third-order valence-electron chi connectivity index (χ3n) is 2.70. The van der Waals surface area contributed by atoms with Crippen molar-refractivity contribution in [2.24, 2.45) is 0 Å². The Bertz CT molecular complexity index is 511. The first-order valence-corrected chi connectivity index (χ1v) is 6.21. The molecule has 2 aromatic rings. The summed E-state index contributed by atoms with van der Waals surface area (Å²) in [6.07, 6.45) is 2.82. The van der Waals surface area contributed by atoms with Crippen molar-refractivity contribution in [3.63, 3.8) is 0 Å². The Hall–Kier alpha value is -1.06. The molecule has 0 spiro atoms. The van der Waals surface area contributed by atoms with Crippen molar-refractivity contribution < 1.29 is 0 Å². The van der Waals surface area contributed by atoms with Gasteiger partial charge < -0.3 is 5.32 Å². The van der Waals surface area contributed by atoms with E-state index in [9.17, 15) is 0 Å². The summed E-state index contributed by atoms with van der Waals surface area (Å²) in [6.45, 7) is 7.46. The van der Waals surface area contributed by atoms with E-state index in [-0.39, 0.29) is 5.54 Å². The fourth-order valence-corrected chi connectivity index (χ4v) is 2.06. The average Bonchev–Trinajstić information content (AvgIpc) is 2.69. The van der Waals surface area contributed by atoms with Gasteiger partial charge in [0.05, 0.1) is 16.7 Å². The van der Waals surface area contributed by atoms with Gasteiger partial charge in [0.1, 0.15) is 0 Å². The molecule has 0 aliphatic heterocycles. The smallest absolute Gasteiger partial charge is 0.0839 e. The highest BCUT2D eigenvalue weighted by Gasteiger charge is 2.10. The minimum absolute atomic E-state index is 0.155. The molecule has 0 saturated carbocycles. The third kappa shape index (κ3) is 2.99. The van der Waals surface area contributed by atoms with Crippen LogP contribution in [0.15, 0.2) is 18.3 Å². The predicted octanol–water partition coefficient (Wildman–Crippen LogP) is 3.15. The van der Waals surface area contributed by atoms with Gasteiger partial charge in [0.15, 0.2) is 0 Å². The lowest BCUT2D eigenvalue weighted by molar-refractivity contribution is 0.430. The quantitative estimate of drug-likeness (QED) is 0.880. The fourth-order valence-electron chi connectivity index (χ4n) is 1.85. The molecule has 1 aromatic heterocycles. The molecule has 2 rings (SSSR count). The Labute approximate surface area is 107 Å². The molecule has 0 fully saturated rings. The van der Waals surface area contributed by atoms with Gasteiger partial charge >= 0.3 is 0 Å². The molecule has 0 unspecified atom stereocenters. The zero-order chi connectivity index (χ0) is 12.5. The third-order valence-corrected chi connectivity index (χ3v) is 3.02. The second-order valence-electron chi connectivity index (χ2n) is 5.29. The lowest BCUT2D eigenvalue weighted by atomic mass is 10.1. The van der Waals surface area contributed by atoms with Crippen LogP contribution in [0.4, 0.5) is 0 Å². The number of hydrogen-bond acceptors (Lipinski definition) is 2. The van der Waals surface area contributed by atoms with Gasteiger partial charge in [0.2, 0.25) is 0 Å². The predicted molar refractivity (Wildman–Crippen MR) is 72.6 cm³/mol. The van der Waals surface area contributed by atoms with Crippen LogP contribution in [0.3, 0.4) is 0 Å². The van der Waals surface area contributed by atoms with Crippen LogP contribution >= 0.6 is 11.6 Å². The molecule has 0 amide bonds. The summed E-state index contributed by atoms with van der Waals surface area (Å²) in [5, 5.41) is 12.3. The number of halogens is 1. The molecular weight excluding hydrogens is 234 g/mol. The van der Waals surface area contributed by atoms with E-state index in [1.165, 1.54) is 5.56 Å². The van der Waals surface area contributed by atoms with Gasteiger partial charge in [-0.1, -0.05) is 17.7 Å². The van der Waals surface area contributed by atoms with Crippen LogP contribution in [0.25, 0.3) is 10.9 Å². The molecule has 1 heterocycles. The summed E-state index contributed by atoms with van der Waals surface area (Å²) in [6, 6.07) is 4.00. The maximum Gasteiger partial charge on any atom is 0.0839 e. The molecule has 0 atom stereocenters. The zero-order valence-corrected chi connectivity index (χ0v) is 11.2. The van der Waals surface area contributed by atoms with Crippen LogP contribution in [0.1, 0.15) is 26.3 Å². The van der Waals surface area contributed by atoms with Crippen LogP contribution in [0, 0.1) is 0 Å². The lowest BCUT2D eigenvalue weighted by Gasteiger charge is -2.20. The monoisotopic (exact) mass is 251 g/mol. The SMILES string of the molecule is CC(C)(C)NCCc1ccc(Cl)c2[nH]ncc12. The highest BCUT2D eigenvalue weighted by molar-refractivity contribution is 6.35. The largest absolute Gasteiger partial charge is 0.312 e. The number of aromatic nitrogens is 2. The maximum atomic E-state index is 6.09. The lowest BCUT2D eigenvalue weighted by Crippen LogP contribution is -2.37. The van der Waals surface area contributed by atoms with Gasteiger partial charge in [-0.3, -0.25) is 5.10 Å². The number of fused-ring (bicyclic) bond motifs is 1. The van der Waals surface area contributed by atoms with Crippen molar-refractivity contribution in [3.8, 4) is 0 Å². The minimum Gasteiger partial charge on any atom is -0.312 e. The normalized spacial score (nSPS) is 12.2. The van der Waals surface area contributed by atoms with Gasteiger partial charge in [-0.25, -0.2) is 0 Å². The number of nitrogens with one attached hydrogen (secondary N) is 2. The first-order chi connectivity index (χ1) is 7.97. The number of rotatable bonds is 3. The molecule has 0 bridgehead atoms. The summed E-state index contributed by atoms with van der Waals surface area (Å²) < 4.78 is 0. The number of nitrogens with zero attached hydrogens (tertiary/aromatic N) is 1. The average molecular weight is 252 g/mol. The summed E-state index contributed by atoms with van der Waals surface area (Å²) in [7, 11) is 0. The molecule has 0 aliphatic rings. The summed E-state index contributed by atoms with van der Waals surface area (Å²) in [5.41, 5.74) is 2.36. The standard InChI is InChI=1S/C13H18ClN3/c1-13(2,3)15-7-6-9-4-5-11(14)12-10(9)8-16-17-12/h4-5,8,15H,6-7H2,1-3H3,(H,16,17). The molecule has 0 radical (unpaired) electrons. The topological polar surface area (TPSA) is 40.7 Å². The van der Waals surface area contributed by atoms with Gasteiger partial charge in [-0.2, -0.15) is 5.10 Å². The van der Waals surface area contributed by atoms with Crippen molar-refractivity contribution >= 4 is 22.5 Å². The highest BCUT2D eigenvalue weighted by Crippen LogP contribution is 2.24. The molecule has 2 N–H and O–H groups in total. The maximum absolute atomic E-state index is 6.09. The second kappa shape index (κ2) is 4.67. The van der Waals surface area contributed by atoms with E-state index in [1.54, 1.807) is 0 Å². The van der Waals surface area contributed by atoms with Crippen molar-refractivity contribution in [2.75, 3.05) is 6.54 Å². The summed E-state index contributed by atoms with van der Waals surface area (Å²) in [5.74, 6) is 0. The Balaban J connectivity index is 2.14. The Kier molecular flexibility index (Phi) is 3.40. The summed E-state index contributed by atoms with van der Waals surface area (Å²) in [4.78, 5) is 0. The van der Waals surface area contributed by atoms with Gasteiger partial charge in [-0.15, -0.1) is 0 Å². The van der Waals surface area contributed by atoms with Crippen LogP contribution < -0.4 is 5.32 Å². The number of H-pyrrole nitrogens is 1. The first kappa shape index (κ1) is 12.4. The number of benzene rings is 1. The molecule has 3 nitrogen and oxygen atoms in total. The van der Waals surface area contributed by atoms with Crippen LogP contribution in [0.2, 0.25) is 5.02 Å². The Morgan fingerprint density at radius 2 is 2.12 bits per heavy atom. The summed E-state index contributed by atoms with van der Waals surface area (Å²) >= 11 is 6.09. The molecule has 17 heavy (non-hydrogen) atoms. The van der Waals surface area contributed by atoms with Crippen molar-refractivity contribution in [1.29, 1.82) is 0 Å².